The van der Waals surface area contributed by atoms with Crippen molar-refractivity contribution >= 4 is 0 Å². The predicted molar refractivity (Wildman–Crippen MR) is 134 cm³/mol. The fourth-order valence-corrected chi connectivity index (χ4v) is 5.15. The van der Waals surface area contributed by atoms with Crippen LogP contribution in [0.3, 0.4) is 0 Å². The SMILES string of the molecule is Cc1cccc(C[C@@H](O)/C=C/[C@@H]2[C@H]3CC(CCNCCN(C)C(C)(C)C)=C[C@H]3C[C@H]2O)c1. The van der Waals surface area contributed by atoms with Gasteiger partial charge in [0, 0.05) is 31.0 Å². The number of nitrogens with zero attached hydrogens (tertiary/aromatic N) is 1. The number of rotatable bonds is 10. The van der Waals surface area contributed by atoms with Crippen LogP contribution in [-0.4, -0.2) is 59.5 Å². The minimum atomic E-state index is -0.507. The first-order chi connectivity index (χ1) is 15.1. The molecule has 0 spiro atoms. The van der Waals surface area contributed by atoms with Crippen molar-refractivity contribution in [3.8, 4) is 0 Å². The first-order valence-electron chi connectivity index (χ1n) is 12.3. The lowest BCUT2D eigenvalue weighted by atomic mass is 9.88. The zero-order valence-corrected chi connectivity index (χ0v) is 20.7. The lowest BCUT2D eigenvalue weighted by molar-refractivity contribution is 0.140. The molecule has 2 aliphatic carbocycles. The molecule has 0 bridgehead atoms. The molecule has 0 unspecified atom stereocenters. The summed E-state index contributed by atoms with van der Waals surface area (Å²) in [7, 11) is 2.18. The Morgan fingerprint density at radius 3 is 2.75 bits per heavy atom. The minimum absolute atomic E-state index is 0.148. The van der Waals surface area contributed by atoms with Gasteiger partial charge in [-0.05, 0) is 77.9 Å². The van der Waals surface area contributed by atoms with Gasteiger partial charge in [-0.1, -0.05) is 53.6 Å². The topological polar surface area (TPSA) is 55.7 Å². The summed E-state index contributed by atoms with van der Waals surface area (Å²) in [6.07, 6.45) is 9.26. The smallest absolute Gasteiger partial charge is 0.0761 e. The van der Waals surface area contributed by atoms with Crippen molar-refractivity contribution in [2.75, 3.05) is 26.7 Å². The number of nitrogens with one attached hydrogen (secondary N) is 1. The molecule has 0 radical (unpaired) electrons. The van der Waals surface area contributed by atoms with Gasteiger partial charge in [-0.15, -0.1) is 0 Å². The number of hydrogen-bond donors (Lipinski definition) is 3. The first-order valence-corrected chi connectivity index (χ1v) is 12.3. The number of aliphatic hydroxyl groups is 2. The second kappa shape index (κ2) is 11.1. The molecule has 3 rings (SSSR count). The number of aryl methyl sites for hydroxylation is 1. The fourth-order valence-electron chi connectivity index (χ4n) is 5.15. The first kappa shape index (κ1) is 25.2. The van der Waals surface area contributed by atoms with Crippen LogP contribution in [0.4, 0.5) is 0 Å². The highest BCUT2D eigenvalue weighted by atomic mass is 16.3. The monoisotopic (exact) mass is 440 g/mol. The van der Waals surface area contributed by atoms with E-state index in [2.05, 4.69) is 75.3 Å². The van der Waals surface area contributed by atoms with Crippen molar-refractivity contribution in [3.63, 3.8) is 0 Å². The van der Waals surface area contributed by atoms with Gasteiger partial charge in [-0.2, -0.15) is 0 Å². The summed E-state index contributed by atoms with van der Waals surface area (Å²) in [6.45, 7) is 11.9. The van der Waals surface area contributed by atoms with Crippen LogP contribution in [0.5, 0.6) is 0 Å². The molecule has 0 aliphatic heterocycles. The molecule has 1 fully saturated rings. The molecule has 178 valence electrons. The van der Waals surface area contributed by atoms with Gasteiger partial charge in [0.2, 0.25) is 0 Å². The van der Waals surface area contributed by atoms with Gasteiger partial charge in [0.05, 0.1) is 12.2 Å². The van der Waals surface area contributed by atoms with E-state index in [1.165, 1.54) is 11.1 Å². The molecule has 2 aliphatic rings. The molecule has 3 N–H and O–H groups in total. The van der Waals surface area contributed by atoms with Crippen molar-refractivity contribution in [2.45, 2.75) is 71.1 Å². The van der Waals surface area contributed by atoms with Gasteiger partial charge in [-0.3, -0.25) is 0 Å². The van der Waals surface area contributed by atoms with E-state index >= 15 is 0 Å². The van der Waals surface area contributed by atoms with Crippen LogP contribution >= 0.6 is 0 Å². The highest BCUT2D eigenvalue weighted by Crippen LogP contribution is 2.47. The van der Waals surface area contributed by atoms with E-state index in [0.29, 0.717) is 18.3 Å². The Bertz CT molecular complexity index is 795. The number of benzene rings is 1. The van der Waals surface area contributed by atoms with Crippen molar-refractivity contribution < 1.29 is 10.2 Å². The lowest BCUT2D eigenvalue weighted by Crippen LogP contribution is -2.42. The molecule has 1 saturated carbocycles. The van der Waals surface area contributed by atoms with Crippen LogP contribution in [0.15, 0.2) is 48.1 Å². The summed E-state index contributed by atoms with van der Waals surface area (Å²) < 4.78 is 0. The Morgan fingerprint density at radius 1 is 1.25 bits per heavy atom. The van der Waals surface area contributed by atoms with Crippen LogP contribution < -0.4 is 5.32 Å². The zero-order chi connectivity index (χ0) is 23.3. The van der Waals surface area contributed by atoms with Gasteiger partial charge >= 0.3 is 0 Å². The minimum Gasteiger partial charge on any atom is -0.392 e. The third kappa shape index (κ3) is 7.02. The molecule has 1 aromatic carbocycles. The van der Waals surface area contributed by atoms with Crippen LogP contribution in [-0.2, 0) is 6.42 Å². The highest BCUT2D eigenvalue weighted by Gasteiger charge is 2.43. The zero-order valence-electron chi connectivity index (χ0n) is 20.7. The third-order valence-electron chi connectivity index (χ3n) is 7.42. The van der Waals surface area contributed by atoms with Crippen molar-refractivity contribution in [2.24, 2.45) is 17.8 Å². The van der Waals surface area contributed by atoms with E-state index in [9.17, 15) is 10.2 Å². The quantitative estimate of drug-likeness (QED) is 0.379. The molecular formula is C28H44N2O2. The Balaban J connectivity index is 1.43. The summed E-state index contributed by atoms with van der Waals surface area (Å²) in [5.41, 5.74) is 4.11. The molecule has 0 heterocycles. The summed E-state index contributed by atoms with van der Waals surface area (Å²) in [4.78, 5) is 2.38. The van der Waals surface area contributed by atoms with Crippen molar-refractivity contribution in [1.29, 1.82) is 0 Å². The Morgan fingerprint density at radius 2 is 2.03 bits per heavy atom. The summed E-state index contributed by atoms with van der Waals surface area (Å²) >= 11 is 0. The number of fused-ring (bicyclic) bond motifs is 1. The summed E-state index contributed by atoms with van der Waals surface area (Å²) in [6, 6.07) is 8.30. The van der Waals surface area contributed by atoms with E-state index in [1.807, 2.05) is 12.1 Å². The normalized spacial score (nSPS) is 26.7. The molecule has 4 heteroatoms. The van der Waals surface area contributed by atoms with E-state index in [1.54, 1.807) is 0 Å². The molecule has 5 atom stereocenters. The van der Waals surface area contributed by atoms with Crippen LogP contribution in [0.2, 0.25) is 0 Å². The lowest BCUT2D eigenvalue weighted by Gasteiger charge is -2.31. The Kier molecular flexibility index (Phi) is 8.74. The molecular weight excluding hydrogens is 396 g/mol. The van der Waals surface area contributed by atoms with E-state index in [4.69, 9.17) is 0 Å². The van der Waals surface area contributed by atoms with Gasteiger partial charge < -0.3 is 20.4 Å². The second-order valence-corrected chi connectivity index (χ2v) is 11.0. The summed E-state index contributed by atoms with van der Waals surface area (Å²) in [5.74, 6) is 1.11. The predicted octanol–water partition coefficient (Wildman–Crippen LogP) is 4.11. The number of allylic oxidation sites excluding steroid dienone is 1. The van der Waals surface area contributed by atoms with Crippen LogP contribution in [0.1, 0.15) is 51.2 Å². The third-order valence-corrected chi connectivity index (χ3v) is 7.42. The van der Waals surface area contributed by atoms with Crippen LogP contribution in [0, 0.1) is 24.7 Å². The number of aliphatic hydroxyl groups excluding tert-OH is 2. The van der Waals surface area contributed by atoms with Gasteiger partial charge in [0.25, 0.3) is 0 Å². The maximum atomic E-state index is 10.6. The standard InChI is InChI=1S/C28H44N2O2/c1-20-7-6-8-21(15-20)17-24(31)9-10-25-26-18-22(16-23(26)19-27(25)32)11-12-29-13-14-30(5)28(2,3)4/h6-10,15-16,23-27,29,31-32H,11-14,17-19H2,1-5H3/b10-9+/t23-,24-,25+,26-,27+/m0/s1. The maximum Gasteiger partial charge on any atom is 0.0761 e. The molecule has 1 aromatic rings. The average Bonchev–Trinajstić information content (AvgIpc) is 3.21. The second-order valence-electron chi connectivity index (χ2n) is 11.0. The largest absolute Gasteiger partial charge is 0.392 e. The number of hydrogen-bond acceptors (Lipinski definition) is 4. The fraction of sp³-hybridized carbons (Fsp3) is 0.643. The molecule has 4 nitrogen and oxygen atoms in total. The van der Waals surface area contributed by atoms with Gasteiger partial charge in [0.15, 0.2) is 0 Å². The van der Waals surface area contributed by atoms with Gasteiger partial charge in [-0.25, -0.2) is 0 Å². The van der Waals surface area contributed by atoms with Crippen molar-refractivity contribution in [1.82, 2.24) is 10.2 Å². The highest BCUT2D eigenvalue weighted by molar-refractivity contribution is 5.24. The van der Waals surface area contributed by atoms with Crippen LogP contribution in [0.25, 0.3) is 0 Å². The van der Waals surface area contributed by atoms with Gasteiger partial charge in [0.1, 0.15) is 0 Å². The Hall–Kier alpha value is -1.46. The van der Waals surface area contributed by atoms with Crippen molar-refractivity contribution in [3.05, 3.63) is 59.2 Å². The van der Waals surface area contributed by atoms with E-state index < -0.39 is 6.10 Å². The number of likely N-dealkylation sites (N-methyl/N-ethyl adjacent to an activating group) is 1. The molecule has 0 aromatic heterocycles. The molecule has 0 saturated heterocycles. The van der Waals surface area contributed by atoms with E-state index in [0.717, 1.165) is 44.5 Å². The Labute approximate surface area is 195 Å². The maximum absolute atomic E-state index is 10.6. The van der Waals surface area contributed by atoms with E-state index in [-0.39, 0.29) is 17.6 Å². The molecule has 32 heavy (non-hydrogen) atoms. The average molecular weight is 441 g/mol. The molecule has 0 amide bonds. The summed E-state index contributed by atoms with van der Waals surface area (Å²) in [5, 5.41) is 24.7.